The Balaban J connectivity index is 2.30. The molecule has 1 N–H and O–H groups in total. The Bertz CT molecular complexity index is 671. The molecule has 0 unspecified atom stereocenters. The Morgan fingerprint density at radius 2 is 1.86 bits per heavy atom. The van der Waals surface area contributed by atoms with Crippen LogP contribution in [-0.4, -0.2) is 20.1 Å². The number of carbonyl (C=O) groups is 1. The highest BCUT2D eigenvalue weighted by Crippen LogP contribution is 2.30. The van der Waals surface area contributed by atoms with Crippen molar-refractivity contribution >= 4 is 23.2 Å². The normalized spacial score (nSPS) is 10.1. The summed E-state index contributed by atoms with van der Waals surface area (Å²) in [7, 11) is 3.10. The van der Waals surface area contributed by atoms with Gasteiger partial charge < -0.3 is 14.8 Å². The minimum atomic E-state index is -0.299. The summed E-state index contributed by atoms with van der Waals surface area (Å²) in [4.78, 5) is 12.3. The molecule has 5 heteroatoms. The largest absolute Gasteiger partial charge is 0.497 e. The van der Waals surface area contributed by atoms with E-state index in [1.54, 1.807) is 37.4 Å². The molecule has 4 nitrogen and oxygen atoms in total. The second kappa shape index (κ2) is 6.50. The molecule has 110 valence electrons. The van der Waals surface area contributed by atoms with Gasteiger partial charge in [0.2, 0.25) is 0 Å². The first-order valence-corrected chi connectivity index (χ1v) is 6.72. The Kier molecular flexibility index (Phi) is 4.70. The first kappa shape index (κ1) is 15.2. The number of carbonyl (C=O) groups excluding carboxylic acids is 1. The third-order valence-electron chi connectivity index (χ3n) is 3.02. The van der Waals surface area contributed by atoms with Gasteiger partial charge in [0, 0.05) is 6.07 Å². The summed E-state index contributed by atoms with van der Waals surface area (Å²) in [5.41, 5.74) is 1.93. The lowest BCUT2D eigenvalue weighted by atomic mass is 10.1. The van der Waals surface area contributed by atoms with Gasteiger partial charge in [-0.25, -0.2) is 0 Å². The van der Waals surface area contributed by atoms with Crippen molar-refractivity contribution in [2.45, 2.75) is 6.92 Å². The second-order valence-electron chi connectivity index (χ2n) is 4.50. The number of aryl methyl sites for hydroxylation is 1. The molecule has 0 aliphatic rings. The van der Waals surface area contributed by atoms with Crippen molar-refractivity contribution < 1.29 is 14.3 Å². The molecule has 0 spiro atoms. The maximum atomic E-state index is 12.3. The Morgan fingerprint density at radius 1 is 1.10 bits per heavy atom. The number of anilines is 1. The van der Waals surface area contributed by atoms with Crippen LogP contribution in [0.25, 0.3) is 0 Å². The Labute approximate surface area is 128 Å². The number of nitrogens with one attached hydrogen (secondary N) is 1. The van der Waals surface area contributed by atoms with Gasteiger partial charge in [-0.1, -0.05) is 17.7 Å². The second-order valence-corrected chi connectivity index (χ2v) is 4.91. The number of hydrogen-bond donors (Lipinski definition) is 1. The van der Waals surface area contributed by atoms with Crippen molar-refractivity contribution in [2.75, 3.05) is 19.5 Å². The molecule has 0 heterocycles. The summed E-state index contributed by atoms with van der Waals surface area (Å²) < 4.78 is 10.4. The van der Waals surface area contributed by atoms with E-state index >= 15 is 0 Å². The van der Waals surface area contributed by atoms with E-state index in [1.807, 2.05) is 13.0 Å². The van der Waals surface area contributed by atoms with Crippen molar-refractivity contribution in [1.82, 2.24) is 0 Å². The Morgan fingerprint density at radius 3 is 2.48 bits per heavy atom. The highest BCUT2D eigenvalue weighted by Gasteiger charge is 2.13. The first-order chi connectivity index (χ1) is 10.0. The fraction of sp³-hybridized carbons (Fsp3) is 0.188. The van der Waals surface area contributed by atoms with Crippen LogP contribution in [0.15, 0.2) is 36.4 Å². The fourth-order valence-corrected chi connectivity index (χ4v) is 2.23. The van der Waals surface area contributed by atoms with Crippen molar-refractivity contribution in [3.8, 4) is 11.5 Å². The summed E-state index contributed by atoms with van der Waals surface area (Å²) in [5.74, 6) is 0.875. The summed E-state index contributed by atoms with van der Waals surface area (Å²) in [5, 5.41) is 3.20. The van der Waals surface area contributed by atoms with E-state index in [-0.39, 0.29) is 5.91 Å². The van der Waals surface area contributed by atoms with Gasteiger partial charge in [-0.2, -0.15) is 0 Å². The third-order valence-corrected chi connectivity index (χ3v) is 3.34. The molecule has 21 heavy (non-hydrogen) atoms. The van der Waals surface area contributed by atoms with Crippen molar-refractivity contribution in [2.24, 2.45) is 0 Å². The maximum Gasteiger partial charge on any atom is 0.257 e. The molecule has 0 radical (unpaired) electrons. The molecule has 2 rings (SSSR count). The van der Waals surface area contributed by atoms with Gasteiger partial charge in [0.25, 0.3) is 5.91 Å². The summed E-state index contributed by atoms with van der Waals surface area (Å²) >= 11 is 6.11. The number of hydrogen-bond acceptors (Lipinski definition) is 3. The number of halogens is 1. The van der Waals surface area contributed by atoms with Gasteiger partial charge >= 0.3 is 0 Å². The molecule has 0 aromatic heterocycles. The molecule has 0 saturated carbocycles. The van der Waals surface area contributed by atoms with E-state index in [2.05, 4.69) is 5.32 Å². The molecule has 0 bridgehead atoms. The van der Waals surface area contributed by atoms with Gasteiger partial charge in [0.15, 0.2) is 0 Å². The zero-order chi connectivity index (χ0) is 15.4. The van der Waals surface area contributed by atoms with E-state index in [4.69, 9.17) is 21.1 Å². The van der Waals surface area contributed by atoms with Gasteiger partial charge in [-0.15, -0.1) is 0 Å². The minimum Gasteiger partial charge on any atom is -0.497 e. The maximum absolute atomic E-state index is 12.3. The number of ether oxygens (including phenoxy) is 2. The fourth-order valence-electron chi connectivity index (χ4n) is 1.91. The first-order valence-electron chi connectivity index (χ1n) is 6.34. The molecule has 2 aromatic rings. The monoisotopic (exact) mass is 305 g/mol. The average Bonchev–Trinajstić information content (AvgIpc) is 2.46. The van der Waals surface area contributed by atoms with E-state index in [1.165, 1.54) is 7.11 Å². The lowest BCUT2D eigenvalue weighted by molar-refractivity contribution is 0.102. The molecule has 0 aliphatic carbocycles. The van der Waals surface area contributed by atoms with E-state index in [9.17, 15) is 4.79 Å². The van der Waals surface area contributed by atoms with Crippen molar-refractivity contribution in [3.05, 3.63) is 52.5 Å². The van der Waals surface area contributed by atoms with Crippen molar-refractivity contribution in [1.29, 1.82) is 0 Å². The SMILES string of the molecule is COc1ccc(OC)c(NC(=O)c2ccc(C)cc2Cl)c1. The van der Waals surface area contributed by atoms with Crippen LogP contribution in [0.4, 0.5) is 5.69 Å². The molecule has 0 fully saturated rings. The minimum absolute atomic E-state index is 0.299. The van der Waals surface area contributed by atoms with Crippen molar-refractivity contribution in [3.63, 3.8) is 0 Å². The lowest BCUT2D eigenvalue weighted by Crippen LogP contribution is -2.13. The van der Waals surface area contributed by atoms with E-state index < -0.39 is 0 Å². The van der Waals surface area contributed by atoms with Crippen LogP contribution < -0.4 is 14.8 Å². The molecular weight excluding hydrogens is 290 g/mol. The highest BCUT2D eigenvalue weighted by atomic mass is 35.5. The van der Waals surface area contributed by atoms with E-state index in [0.717, 1.165) is 5.56 Å². The van der Waals surface area contributed by atoms with Crippen LogP contribution >= 0.6 is 11.6 Å². The number of methoxy groups -OCH3 is 2. The lowest BCUT2D eigenvalue weighted by Gasteiger charge is -2.12. The Hall–Kier alpha value is -2.20. The van der Waals surface area contributed by atoms with Gasteiger partial charge in [0.05, 0.1) is 30.5 Å². The van der Waals surface area contributed by atoms with Crippen LogP contribution in [0.3, 0.4) is 0 Å². The highest BCUT2D eigenvalue weighted by molar-refractivity contribution is 6.34. The van der Waals surface area contributed by atoms with Gasteiger partial charge in [0.1, 0.15) is 11.5 Å². The predicted octanol–water partition coefficient (Wildman–Crippen LogP) is 3.92. The zero-order valence-corrected chi connectivity index (χ0v) is 12.8. The van der Waals surface area contributed by atoms with Crippen LogP contribution in [0.2, 0.25) is 5.02 Å². The molecule has 0 aliphatic heterocycles. The standard InChI is InChI=1S/C16H16ClNO3/c1-10-4-6-12(13(17)8-10)16(19)18-14-9-11(20-2)5-7-15(14)21-3/h4-9H,1-3H3,(H,18,19). The van der Waals surface area contributed by atoms with Gasteiger partial charge in [-0.3, -0.25) is 4.79 Å². The quantitative estimate of drug-likeness (QED) is 0.931. The summed E-state index contributed by atoms with van der Waals surface area (Å²) in [6.45, 7) is 1.92. The average molecular weight is 306 g/mol. The topological polar surface area (TPSA) is 47.6 Å². The molecule has 0 atom stereocenters. The molecule has 1 amide bonds. The van der Waals surface area contributed by atoms with Crippen LogP contribution in [-0.2, 0) is 0 Å². The number of amides is 1. The number of benzene rings is 2. The smallest absolute Gasteiger partial charge is 0.257 e. The van der Waals surface area contributed by atoms with E-state index in [0.29, 0.717) is 27.8 Å². The van der Waals surface area contributed by atoms with Gasteiger partial charge in [-0.05, 0) is 36.8 Å². The van der Waals surface area contributed by atoms with Crippen LogP contribution in [0.1, 0.15) is 15.9 Å². The molecule has 0 saturated heterocycles. The molecule has 2 aromatic carbocycles. The van der Waals surface area contributed by atoms with Crippen LogP contribution in [0.5, 0.6) is 11.5 Å². The van der Waals surface area contributed by atoms with Crippen LogP contribution in [0, 0.1) is 6.92 Å². The number of rotatable bonds is 4. The molecular formula is C16H16ClNO3. The summed E-state index contributed by atoms with van der Waals surface area (Å²) in [6, 6.07) is 10.5. The third kappa shape index (κ3) is 3.47. The zero-order valence-electron chi connectivity index (χ0n) is 12.1. The predicted molar refractivity (Wildman–Crippen MR) is 83.7 cm³/mol. The summed E-state index contributed by atoms with van der Waals surface area (Å²) in [6.07, 6.45) is 0.